The van der Waals surface area contributed by atoms with Crippen LogP contribution in [0, 0.1) is 0 Å². The van der Waals surface area contributed by atoms with Crippen LogP contribution in [0.4, 0.5) is 5.82 Å². The van der Waals surface area contributed by atoms with Gasteiger partial charge in [-0.25, -0.2) is 4.98 Å². The van der Waals surface area contributed by atoms with Crippen molar-refractivity contribution in [2.75, 3.05) is 23.9 Å². The van der Waals surface area contributed by atoms with Crippen LogP contribution in [0.15, 0.2) is 18.2 Å². The molecule has 1 amide bonds. The van der Waals surface area contributed by atoms with Crippen LogP contribution in [0.25, 0.3) is 0 Å². The van der Waals surface area contributed by atoms with Gasteiger partial charge >= 0.3 is 0 Å². The molecule has 1 aromatic heterocycles. The number of aromatic nitrogens is 1. The first-order valence-corrected chi connectivity index (χ1v) is 6.98. The fourth-order valence-electron chi connectivity index (χ4n) is 1.81. The maximum atomic E-state index is 12.0. The summed E-state index contributed by atoms with van der Waals surface area (Å²) in [4.78, 5) is 16.2. The van der Waals surface area contributed by atoms with Crippen LogP contribution in [0.3, 0.4) is 0 Å². The van der Waals surface area contributed by atoms with Crippen molar-refractivity contribution in [2.24, 2.45) is 0 Å². The van der Waals surface area contributed by atoms with Gasteiger partial charge in [0.05, 0.1) is 0 Å². The summed E-state index contributed by atoms with van der Waals surface area (Å²) in [6.07, 6.45) is 2.25. The second kappa shape index (κ2) is 5.91. The summed E-state index contributed by atoms with van der Waals surface area (Å²) in [6, 6.07) is 5.71. The summed E-state index contributed by atoms with van der Waals surface area (Å²) in [5.74, 6) is 2.86. The number of carbonyl (C=O) groups is 1. The molecule has 2 heterocycles. The number of anilines is 1. The van der Waals surface area contributed by atoms with Crippen molar-refractivity contribution in [3.8, 4) is 0 Å². The number of nitrogens with zero attached hydrogens (tertiary/aromatic N) is 1. The Hall–Kier alpha value is -1.23. The molecule has 2 rings (SSSR count). The third-order valence-corrected chi connectivity index (χ3v) is 3.95. The van der Waals surface area contributed by atoms with E-state index in [9.17, 15) is 4.79 Å². The van der Waals surface area contributed by atoms with Crippen molar-refractivity contribution in [3.63, 3.8) is 0 Å². The Morgan fingerprint density at radius 2 is 2.41 bits per heavy atom. The van der Waals surface area contributed by atoms with Crippen LogP contribution in [0.2, 0.25) is 0 Å². The van der Waals surface area contributed by atoms with E-state index in [1.54, 1.807) is 13.1 Å². The van der Waals surface area contributed by atoms with E-state index in [1.807, 2.05) is 23.9 Å². The lowest BCUT2D eigenvalue weighted by Crippen LogP contribution is -2.38. The van der Waals surface area contributed by atoms with E-state index >= 15 is 0 Å². The molecule has 1 atom stereocenters. The molecule has 0 spiro atoms. The third-order valence-electron chi connectivity index (χ3n) is 2.73. The lowest BCUT2D eigenvalue weighted by atomic mass is 10.2. The van der Waals surface area contributed by atoms with Gasteiger partial charge in [0.15, 0.2) is 0 Å². The quantitative estimate of drug-likeness (QED) is 0.859. The molecular weight excluding hydrogens is 234 g/mol. The number of hydrogen-bond donors (Lipinski definition) is 2. The van der Waals surface area contributed by atoms with Gasteiger partial charge in [-0.15, -0.1) is 0 Å². The number of carbonyl (C=O) groups excluding carboxylic acids is 1. The van der Waals surface area contributed by atoms with Crippen molar-refractivity contribution < 1.29 is 4.79 Å². The van der Waals surface area contributed by atoms with Crippen LogP contribution in [0.5, 0.6) is 0 Å². The number of nitrogens with one attached hydrogen (secondary N) is 2. The summed E-state index contributed by atoms with van der Waals surface area (Å²) in [6.45, 7) is 0. The van der Waals surface area contributed by atoms with Gasteiger partial charge in [0.2, 0.25) is 0 Å². The predicted octanol–water partition coefficient (Wildman–Crippen LogP) is 1.75. The highest BCUT2D eigenvalue weighted by atomic mass is 32.2. The molecule has 0 radical (unpaired) electrons. The van der Waals surface area contributed by atoms with Gasteiger partial charge in [-0.1, -0.05) is 6.07 Å². The van der Waals surface area contributed by atoms with E-state index < -0.39 is 0 Å². The van der Waals surface area contributed by atoms with E-state index in [4.69, 9.17) is 0 Å². The van der Waals surface area contributed by atoms with E-state index in [0.717, 1.165) is 18.0 Å². The Bertz CT molecular complexity index is 391. The second-order valence-corrected chi connectivity index (χ2v) is 5.20. The Morgan fingerprint density at radius 3 is 3.12 bits per heavy atom. The molecule has 1 saturated heterocycles. The zero-order chi connectivity index (χ0) is 12.1. The minimum absolute atomic E-state index is 0.0744. The van der Waals surface area contributed by atoms with Crippen molar-refractivity contribution in [1.82, 2.24) is 10.3 Å². The Labute approximate surface area is 106 Å². The first-order chi connectivity index (χ1) is 8.29. The van der Waals surface area contributed by atoms with Crippen LogP contribution < -0.4 is 10.6 Å². The molecule has 0 saturated carbocycles. The zero-order valence-corrected chi connectivity index (χ0v) is 10.7. The first kappa shape index (κ1) is 12.2. The van der Waals surface area contributed by atoms with Gasteiger partial charge in [-0.05, 0) is 30.7 Å². The molecule has 2 N–H and O–H groups in total. The van der Waals surface area contributed by atoms with Crippen molar-refractivity contribution in [1.29, 1.82) is 0 Å². The topological polar surface area (TPSA) is 54.0 Å². The minimum Gasteiger partial charge on any atom is -0.373 e. The SMILES string of the molecule is CNc1cccc(C(=O)NC2CCCSC2)n1. The monoisotopic (exact) mass is 251 g/mol. The molecule has 4 nitrogen and oxygen atoms in total. The average molecular weight is 251 g/mol. The standard InChI is InChI=1S/C12H17N3OS/c1-13-11-6-2-5-10(15-11)12(16)14-9-4-3-7-17-8-9/h2,5-6,9H,3-4,7-8H2,1H3,(H,13,15)(H,14,16). The Balaban J connectivity index is 1.98. The Kier molecular flexibility index (Phi) is 4.25. The molecule has 92 valence electrons. The lowest BCUT2D eigenvalue weighted by molar-refractivity contribution is 0.0933. The largest absolute Gasteiger partial charge is 0.373 e. The van der Waals surface area contributed by atoms with Crippen LogP contribution in [0.1, 0.15) is 23.3 Å². The molecule has 1 aliphatic heterocycles. The van der Waals surface area contributed by atoms with Gasteiger partial charge in [0.25, 0.3) is 5.91 Å². The van der Waals surface area contributed by atoms with E-state index in [0.29, 0.717) is 11.7 Å². The number of hydrogen-bond acceptors (Lipinski definition) is 4. The van der Waals surface area contributed by atoms with Crippen molar-refractivity contribution in [3.05, 3.63) is 23.9 Å². The smallest absolute Gasteiger partial charge is 0.270 e. The normalized spacial score (nSPS) is 19.7. The Morgan fingerprint density at radius 1 is 1.53 bits per heavy atom. The van der Waals surface area contributed by atoms with Crippen molar-refractivity contribution >= 4 is 23.5 Å². The highest BCUT2D eigenvalue weighted by Gasteiger charge is 2.17. The third kappa shape index (κ3) is 3.36. The summed E-state index contributed by atoms with van der Waals surface area (Å²) in [7, 11) is 1.79. The van der Waals surface area contributed by atoms with Gasteiger partial charge in [0, 0.05) is 18.8 Å². The summed E-state index contributed by atoms with van der Waals surface area (Å²) in [5.41, 5.74) is 0.479. The number of amides is 1. The highest BCUT2D eigenvalue weighted by Crippen LogP contribution is 2.17. The fraction of sp³-hybridized carbons (Fsp3) is 0.500. The van der Waals surface area contributed by atoms with Gasteiger partial charge in [-0.2, -0.15) is 11.8 Å². The van der Waals surface area contributed by atoms with Crippen LogP contribution in [-0.4, -0.2) is 35.5 Å². The molecule has 1 aromatic rings. The highest BCUT2D eigenvalue weighted by molar-refractivity contribution is 7.99. The molecule has 5 heteroatoms. The predicted molar refractivity (Wildman–Crippen MR) is 71.6 cm³/mol. The molecular formula is C12H17N3OS. The maximum Gasteiger partial charge on any atom is 0.270 e. The van der Waals surface area contributed by atoms with Gasteiger partial charge < -0.3 is 10.6 Å². The summed E-state index contributed by atoms with van der Waals surface area (Å²) >= 11 is 1.90. The van der Waals surface area contributed by atoms with Crippen LogP contribution in [-0.2, 0) is 0 Å². The molecule has 1 fully saturated rings. The number of thioether (sulfide) groups is 1. The summed E-state index contributed by atoms with van der Waals surface area (Å²) in [5, 5.41) is 5.97. The molecule has 0 aliphatic carbocycles. The number of pyridine rings is 1. The molecule has 0 aromatic carbocycles. The van der Waals surface area contributed by atoms with E-state index in [1.165, 1.54) is 12.2 Å². The second-order valence-electron chi connectivity index (χ2n) is 4.05. The average Bonchev–Trinajstić information content (AvgIpc) is 2.40. The minimum atomic E-state index is -0.0744. The maximum absolute atomic E-state index is 12.0. The molecule has 17 heavy (non-hydrogen) atoms. The lowest BCUT2D eigenvalue weighted by Gasteiger charge is -2.22. The molecule has 1 aliphatic rings. The van der Waals surface area contributed by atoms with Gasteiger partial charge in [0.1, 0.15) is 11.5 Å². The van der Waals surface area contributed by atoms with E-state index in [2.05, 4.69) is 15.6 Å². The van der Waals surface area contributed by atoms with Crippen LogP contribution >= 0.6 is 11.8 Å². The molecule has 1 unspecified atom stereocenters. The van der Waals surface area contributed by atoms with Gasteiger partial charge in [-0.3, -0.25) is 4.79 Å². The fourth-order valence-corrected chi connectivity index (χ4v) is 2.89. The first-order valence-electron chi connectivity index (χ1n) is 5.83. The number of rotatable bonds is 3. The zero-order valence-electron chi connectivity index (χ0n) is 9.90. The molecule has 0 bridgehead atoms. The van der Waals surface area contributed by atoms with Crippen molar-refractivity contribution in [2.45, 2.75) is 18.9 Å². The van der Waals surface area contributed by atoms with E-state index in [-0.39, 0.29) is 5.91 Å². The summed E-state index contributed by atoms with van der Waals surface area (Å²) < 4.78 is 0.